The maximum absolute atomic E-state index is 6.30. The van der Waals surface area contributed by atoms with Gasteiger partial charge in [0, 0.05) is 27.8 Å². The lowest BCUT2D eigenvalue weighted by Crippen LogP contribution is -2.10. The average molecular weight is 716 g/mol. The fourth-order valence-electron chi connectivity index (χ4n) is 7.95. The van der Waals surface area contributed by atoms with Gasteiger partial charge in [0.05, 0.1) is 0 Å². The van der Waals surface area contributed by atoms with Gasteiger partial charge in [0.1, 0.15) is 11.2 Å². The van der Waals surface area contributed by atoms with Gasteiger partial charge in [-0.1, -0.05) is 170 Å². The number of benzene rings is 9. The van der Waals surface area contributed by atoms with Crippen molar-refractivity contribution in [2.24, 2.45) is 0 Å². The van der Waals surface area contributed by atoms with E-state index in [1.165, 1.54) is 44.5 Å². The van der Waals surface area contributed by atoms with Crippen LogP contribution in [0.25, 0.3) is 77.6 Å². The van der Waals surface area contributed by atoms with Crippen LogP contribution in [0.1, 0.15) is 0 Å². The maximum Gasteiger partial charge on any atom is 0.136 e. The molecule has 0 saturated heterocycles. The minimum atomic E-state index is 0.899. The fourth-order valence-corrected chi connectivity index (χ4v) is 7.95. The molecule has 0 radical (unpaired) electrons. The van der Waals surface area contributed by atoms with Gasteiger partial charge in [-0.2, -0.15) is 0 Å². The molecule has 0 amide bonds. The first-order valence-corrected chi connectivity index (χ1v) is 19.1. The Hall–Kier alpha value is -7.42. The van der Waals surface area contributed by atoms with E-state index < -0.39 is 0 Å². The van der Waals surface area contributed by atoms with Gasteiger partial charge in [-0.15, -0.1) is 0 Å². The quantitative estimate of drug-likeness (QED) is 0.156. The molecule has 0 fully saturated rings. The molecule has 0 unspecified atom stereocenters. The Morgan fingerprint density at radius 2 is 0.750 bits per heavy atom. The van der Waals surface area contributed by atoms with Crippen LogP contribution in [-0.2, 0) is 0 Å². The van der Waals surface area contributed by atoms with Gasteiger partial charge in [-0.3, -0.25) is 0 Å². The zero-order valence-corrected chi connectivity index (χ0v) is 30.7. The van der Waals surface area contributed by atoms with Crippen molar-refractivity contribution < 1.29 is 4.42 Å². The molecular weight excluding hydrogens is 679 g/mol. The second-order valence-electron chi connectivity index (χ2n) is 14.1. The summed E-state index contributed by atoms with van der Waals surface area (Å²) in [4.78, 5) is 2.35. The van der Waals surface area contributed by atoms with Crippen LogP contribution in [-0.4, -0.2) is 0 Å². The summed E-state index contributed by atoms with van der Waals surface area (Å²) in [5, 5.41) is 2.27. The first-order chi connectivity index (χ1) is 27.8. The van der Waals surface area contributed by atoms with E-state index in [2.05, 4.69) is 217 Å². The van der Waals surface area contributed by atoms with Crippen LogP contribution in [0.5, 0.6) is 0 Å². The molecule has 264 valence electrons. The maximum atomic E-state index is 6.30. The largest absolute Gasteiger partial charge is 0.456 e. The summed E-state index contributed by atoms with van der Waals surface area (Å²) < 4.78 is 6.30. The molecule has 0 aliphatic carbocycles. The molecule has 0 aliphatic rings. The molecule has 0 atom stereocenters. The number of hydrogen-bond acceptors (Lipinski definition) is 2. The number of nitrogens with zero attached hydrogens (tertiary/aromatic N) is 1. The van der Waals surface area contributed by atoms with E-state index in [0.717, 1.165) is 50.1 Å². The van der Waals surface area contributed by atoms with Crippen LogP contribution in [0, 0.1) is 0 Å². The molecule has 9 aromatic carbocycles. The SMILES string of the molecule is c1ccc(-c2ccc(N(c3ccc(-c4ccc(-c5cccc6oc7ccccc7c56)c(-c5ccccc5)c4)cc3)c3cccc(-c4ccccc4)c3)cc2)cc1. The highest BCUT2D eigenvalue weighted by molar-refractivity contribution is 6.13. The molecule has 0 spiro atoms. The molecule has 2 nitrogen and oxygen atoms in total. The van der Waals surface area contributed by atoms with Crippen molar-refractivity contribution in [3.05, 3.63) is 224 Å². The summed E-state index contributed by atoms with van der Waals surface area (Å²) >= 11 is 0. The zero-order valence-electron chi connectivity index (χ0n) is 30.7. The van der Waals surface area contributed by atoms with E-state index in [1.807, 2.05) is 12.1 Å². The van der Waals surface area contributed by atoms with Crippen LogP contribution in [0.2, 0.25) is 0 Å². The third-order valence-corrected chi connectivity index (χ3v) is 10.7. The van der Waals surface area contributed by atoms with Crippen LogP contribution in [0.4, 0.5) is 17.1 Å². The Kier molecular flexibility index (Phi) is 8.55. The van der Waals surface area contributed by atoms with Crippen molar-refractivity contribution in [1.82, 2.24) is 0 Å². The molecule has 10 rings (SSSR count). The molecule has 56 heavy (non-hydrogen) atoms. The van der Waals surface area contributed by atoms with Gasteiger partial charge in [0.2, 0.25) is 0 Å². The lowest BCUT2D eigenvalue weighted by molar-refractivity contribution is 0.669. The Morgan fingerprint density at radius 1 is 0.268 bits per heavy atom. The normalized spacial score (nSPS) is 11.2. The second-order valence-corrected chi connectivity index (χ2v) is 14.1. The first kappa shape index (κ1) is 33.2. The van der Waals surface area contributed by atoms with Crippen LogP contribution in [0.15, 0.2) is 229 Å². The van der Waals surface area contributed by atoms with E-state index in [-0.39, 0.29) is 0 Å². The molecule has 1 aromatic heterocycles. The molecule has 1 heterocycles. The summed E-state index contributed by atoms with van der Waals surface area (Å²) in [7, 11) is 0. The molecular formula is C54H37NO. The van der Waals surface area contributed by atoms with Gasteiger partial charge in [-0.25, -0.2) is 0 Å². The second kappa shape index (κ2) is 14.4. The summed E-state index contributed by atoms with van der Waals surface area (Å²) in [6.07, 6.45) is 0. The van der Waals surface area contributed by atoms with E-state index in [0.29, 0.717) is 0 Å². The Bertz CT molecular complexity index is 2930. The Labute approximate surface area is 327 Å². The molecule has 0 aliphatic heterocycles. The molecule has 2 heteroatoms. The van der Waals surface area contributed by atoms with Crippen molar-refractivity contribution in [2.45, 2.75) is 0 Å². The highest BCUT2D eigenvalue weighted by Crippen LogP contribution is 2.43. The molecule has 10 aromatic rings. The van der Waals surface area contributed by atoms with Crippen LogP contribution >= 0.6 is 0 Å². The number of fused-ring (bicyclic) bond motifs is 3. The van der Waals surface area contributed by atoms with Gasteiger partial charge in [-0.05, 0) is 110 Å². The summed E-state index contributed by atoms with van der Waals surface area (Å²) in [5.41, 5.74) is 16.9. The number of para-hydroxylation sites is 1. The van der Waals surface area contributed by atoms with Crippen molar-refractivity contribution >= 4 is 39.0 Å². The van der Waals surface area contributed by atoms with Gasteiger partial charge >= 0.3 is 0 Å². The van der Waals surface area contributed by atoms with Crippen molar-refractivity contribution in [3.63, 3.8) is 0 Å². The van der Waals surface area contributed by atoms with E-state index >= 15 is 0 Å². The zero-order chi connectivity index (χ0) is 37.3. The van der Waals surface area contributed by atoms with Crippen LogP contribution in [0.3, 0.4) is 0 Å². The lowest BCUT2D eigenvalue weighted by atomic mass is 9.89. The molecule has 0 bridgehead atoms. The van der Waals surface area contributed by atoms with Gasteiger partial charge in [0.25, 0.3) is 0 Å². The van der Waals surface area contributed by atoms with Crippen molar-refractivity contribution in [3.8, 4) is 55.6 Å². The average Bonchev–Trinajstić information content (AvgIpc) is 3.67. The monoisotopic (exact) mass is 715 g/mol. The Balaban J connectivity index is 1.06. The minimum Gasteiger partial charge on any atom is -0.456 e. The smallest absolute Gasteiger partial charge is 0.136 e. The highest BCUT2D eigenvalue weighted by atomic mass is 16.3. The lowest BCUT2D eigenvalue weighted by Gasteiger charge is -2.26. The van der Waals surface area contributed by atoms with Crippen molar-refractivity contribution in [2.75, 3.05) is 4.90 Å². The Morgan fingerprint density at radius 3 is 1.43 bits per heavy atom. The van der Waals surface area contributed by atoms with Crippen LogP contribution < -0.4 is 4.90 Å². The van der Waals surface area contributed by atoms with Crippen molar-refractivity contribution in [1.29, 1.82) is 0 Å². The highest BCUT2D eigenvalue weighted by Gasteiger charge is 2.18. The predicted octanol–water partition coefficient (Wildman–Crippen LogP) is 15.4. The fraction of sp³-hybridized carbons (Fsp3) is 0. The number of anilines is 3. The van der Waals surface area contributed by atoms with E-state index in [9.17, 15) is 0 Å². The number of furan rings is 1. The van der Waals surface area contributed by atoms with E-state index in [1.54, 1.807) is 0 Å². The molecule has 0 N–H and O–H groups in total. The van der Waals surface area contributed by atoms with E-state index in [4.69, 9.17) is 4.42 Å². The summed E-state index contributed by atoms with van der Waals surface area (Å²) in [5.74, 6) is 0. The standard InChI is InChI=1S/C54H37NO/c1-4-14-38(15-5-1)40-26-31-45(32-27-40)55(47-21-12-20-43(36-47)39-16-6-2-7-17-39)46-33-28-41(29-34-46)44-30-35-48(51(37-44)42-18-8-3-9-19-42)49-23-13-25-53-54(49)50-22-10-11-24-52(50)56-53/h1-37H. The van der Waals surface area contributed by atoms with Gasteiger partial charge < -0.3 is 9.32 Å². The first-order valence-electron chi connectivity index (χ1n) is 19.1. The van der Waals surface area contributed by atoms with Gasteiger partial charge in [0.15, 0.2) is 0 Å². The topological polar surface area (TPSA) is 16.4 Å². The molecule has 0 saturated carbocycles. The minimum absolute atomic E-state index is 0.899. The number of rotatable bonds is 8. The summed E-state index contributed by atoms with van der Waals surface area (Å²) in [6, 6.07) is 80.0. The third kappa shape index (κ3) is 6.24. The third-order valence-electron chi connectivity index (χ3n) is 10.7. The predicted molar refractivity (Wildman–Crippen MR) is 236 cm³/mol. The summed E-state index contributed by atoms with van der Waals surface area (Å²) in [6.45, 7) is 0. The number of hydrogen-bond donors (Lipinski definition) is 0.